The van der Waals surface area contributed by atoms with Crippen molar-refractivity contribution in [2.75, 3.05) is 7.11 Å². The average Bonchev–Trinajstić information content (AvgIpc) is 2.35. The Hall–Kier alpha value is -0.410. The van der Waals surface area contributed by atoms with E-state index < -0.39 is 24.7 Å². The summed E-state index contributed by atoms with van der Waals surface area (Å²) >= 11 is 0. The summed E-state index contributed by atoms with van der Waals surface area (Å²) in [4.78, 5) is 46.9. The molecule has 0 radical (unpaired) electrons. The number of methoxy groups -OCH3 is 1. The molecule has 1 aromatic rings. The molecular formula is C10H18N2NaO7P. The average molecular weight is 332 g/mol. The van der Waals surface area contributed by atoms with Gasteiger partial charge in [-0.15, -0.1) is 0 Å². The van der Waals surface area contributed by atoms with Gasteiger partial charge in [-0.3, -0.25) is 13.9 Å². The summed E-state index contributed by atoms with van der Waals surface area (Å²) in [5, 5.41) is 0. The van der Waals surface area contributed by atoms with E-state index in [9.17, 15) is 14.2 Å². The summed E-state index contributed by atoms with van der Waals surface area (Å²) in [5.74, 6) is -1.56. The number of rotatable bonds is 6. The maximum atomic E-state index is 12.0. The molecule has 0 saturated heterocycles. The van der Waals surface area contributed by atoms with Crippen molar-refractivity contribution in [3.05, 3.63) is 32.6 Å². The molecule has 1 heterocycles. The zero-order chi connectivity index (χ0) is 15.5. The van der Waals surface area contributed by atoms with Crippen molar-refractivity contribution in [2.45, 2.75) is 32.8 Å². The van der Waals surface area contributed by atoms with Crippen LogP contribution in [0.5, 0.6) is 0 Å². The van der Waals surface area contributed by atoms with Crippen molar-refractivity contribution < 1.29 is 23.9 Å². The molecule has 0 bridgehead atoms. The van der Waals surface area contributed by atoms with Crippen LogP contribution in [0, 0.1) is 6.92 Å². The SMILES string of the molecule is CCC(On1c(=O)c(C)cn(COC)c1=O)P(=O)(O)O.[NaH]. The first kappa shape index (κ1) is 20.6. The molecule has 0 aromatic carbocycles. The predicted octanol–water partition coefficient (Wildman–Crippen LogP) is -1.38. The van der Waals surface area contributed by atoms with E-state index in [1.807, 2.05) is 0 Å². The first-order valence-electron chi connectivity index (χ1n) is 5.76. The van der Waals surface area contributed by atoms with Gasteiger partial charge in [-0.05, 0) is 13.3 Å². The Morgan fingerprint density at radius 2 is 1.95 bits per heavy atom. The first-order valence-corrected chi connectivity index (χ1v) is 7.45. The van der Waals surface area contributed by atoms with E-state index in [4.69, 9.17) is 19.4 Å². The molecule has 0 aliphatic heterocycles. The van der Waals surface area contributed by atoms with Gasteiger partial charge in [0.2, 0.25) is 5.85 Å². The summed E-state index contributed by atoms with van der Waals surface area (Å²) < 4.78 is 17.4. The van der Waals surface area contributed by atoms with Gasteiger partial charge < -0.3 is 19.4 Å². The topological polar surface area (TPSA) is 120 Å². The fraction of sp³-hybridized carbons (Fsp3) is 0.600. The van der Waals surface area contributed by atoms with Crippen LogP contribution in [0.3, 0.4) is 0 Å². The van der Waals surface area contributed by atoms with Gasteiger partial charge in [0.05, 0.1) is 0 Å². The molecule has 21 heavy (non-hydrogen) atoms. The summed E-state index contributed by atoms with van der Waals surface area (Å²) in [6, 6.07) is 0. The second kappa shape index (κ2) is 8.28. The quantitative estimate of drug-likeness (QED) is 0.486. The van der Waals surface area contributed by atoms with Gasteiger partial charge in [0, 0.05) is 18.9 Å². The Morgan fingerprint density at radius 3 is 2.38 bits per heavy atom. The van der Waals surface area contributed by atoms with Gasteiger partial charge in [0.1, 0.15) is 6.73 Å². The number of aryl methyl sites for hydroxylation is 1. The maximum absolute atomic E-state index is 12.0. The van der Waals surface area contributed by atoms with Gasteiger partial charge in [-0.25, -0.2) is 4.79 Å². The molecule has 0 fully saturated rings. The molecule has 11 heteroatoms. The number of hydrogen-bond acceptors (Lipinski definition) is 5. The van der Waals surface area contributed by atoms with Gasteiger partial charge in [-0.1, -0.05) is 11.7 Å². The Morgan fingerprint density at radius 1 is 1.38 bits per heavy atom. The van der Waals surface area contributed by atoms with E-state index in [-0.39, 0.29) is 48.3 Å². The van der Waals surface area contributed by atoms with Crippen LogP contribution >= 0.6 is 7.60 Å². The molecule has 2 N–H and O–H groups in total. The van der Waals surface area contributed by atoms with Gasteiger partial charge >= 0.3 is 42.8 Å². The third-order valence-corrected chi connectivity index (χ3v) is 3.72. The van der Waals surface area contributed by atoms with E-state index in [0.717, 1.165) is 4.57 Å². The van der Waals surface area contributed by atoms with E-state index in [1.54, 1.807) is 0 Å². The zero-order valence-corrected chi connectivity index (χ0v) is 12.2. The first-order chi connectivity index (χ1) is 9.22. The molecular weight excluding hydrogens is 314 g/mol. The summed E-state index contributed by atoms with van der Waals surface area (Å²) in [6.45, 7) is 2.81. The normalized spacial score (nSPS) is 12.6. The third kappa shape index (κ3) is 5.07. The molecule has 0 saturated carbocycles. The van der Waals surface area contributed by atoms with Gasteiger partial charge in [0.15, 0.2) is 0 Å². The van der Waals surface area contributed by atoms with E-state index in [2.05, 4.69) is 0 Å². The summed E-state index contributed by atoms with van der Waals surface area (Å²) in [6.07, 6.45) is 1.22. The summed E-state index contributed by atoms with van der Waals surface area (Å²) in [5.41, 5.74) is -1.45. The van der Waals surface area contributed by atoms with Crippen LogP contribution in [0.4, 0.5) is 0 Å². The molecule has 0 aliphatic carbocycles. The van der Waals surface area contributed by atoms with Gasteiger partial charge in [-0.2, -0.15) is 0 Å². The van der Waals surface area contributed by atoms with Crippen molar-refractivity contribution in [3.8, 4) is 0 Å². The van der Waals surface area contributed by atoms with Crippen LogP contribution in [0.1, 0.15) is 18.9 Å². The van der Waals surface area contributed by atoms with Crippen LogP contribution in [0.25, 0.3) is 0 Å². The van der Waals surface area contributed by atoms with Crippen molar-refractivity contribution in [3.63, 3.8) is 0 Å². The van der Waals surface area contributed by atoms with E-state index >= 15 is 0 Å². The van der Waals surface area contributed by atoms with E-state index in [1.165, 1.54) is 27.2 Å². The van der Waals surface area contributed by atoms with Crippen molar-refractivity contribution in [1.82, 2.24) is 9.30 Å². The molecule has 1 aromatic heterocycles. The minimum atomic E-state index is -4.59. The number of hydrogen-bond donors (Lipinski definition) is 2. The third-order valence-electron chi connectivity index (χ3n) is 2.51. The fourth-order valence-corrected chi connectivity index (χ4v) is 2.22. The second-order valence-electron chi connectivity index (χ2n) is 4.14. The van der Waals surface area contributed by atoms with Crippen LogP contribution in [0.15, 0.2) is 15.8 Å². The van der Waals surface area contributed by atoms with Crippen LogP contribution in [-0.2, 0) is 16.0 Å². The molecule has 1 rings (SSSR count). The monoisotopic (exact) mass is 332 g/mol. The standard InChI is InChI=1S/C10H17N2O7P.Na.H/c1-4-8(20(15,16)17)19-12-9(13)7(2)5-11(6-18-3)10(12)14;;/h5,8H,4,6H2,1-3H3,(H2,15,16,17);;. The minimum absolute atomic E-state index is 0. The second-order valence-corrected chi connectivity index (χ2v) is 5.89. The molecule has 0 spiro atoms. The number of aromatic nitrogens is 2. The molecule has 116 valence electrons. The number of ether oxygens (including phenoxy) is 1. The fourth-order valence-electron chi connectivity index (χ4n) is 1.53. The Labute approximate surface area is 142 Å². The molecule has 1 atom stereocenters. The predicted molar refractivity (Wildman–Crippen MR) is 76.6 cm³/mol. The van der Waals surface area contributed by atoms with Crippen molar-refractivity contribution in [2.24, 2.45) is 0 Å². The zero-order valence-electron chi connectivity index (χ0n) is 11.3. The molecule has 1 unspecified atom stereocenters. The number of nitrogens with zero attached hydrogens (tertiary/aromatic N) is 2. The summed E-state index contributed by atoms with van der Waals surface area (Å²) in [7, 11) is -3.22. The van der Waals surface area contributed by atoms with Gasteiger partial charge in [0.25, 0.3) is 5.56 Å². The van der Waals surface area contributed by atoms with Crippen LogP contribution in [0.2, 0.25) is 0 Å². The molecule has 0 amide bonds. The van der Waals surface area contributed by atoms with Crippen molar-refractivity contribution in [1.29, 1.82) is 0 Å². The van der Waals surface area contributed by atoms with E-state index in [0.29, 0.717) is 4.73 Å². The molecule has 0 aliphatic rings. The van der Waals surface area contributed by atoms with Crippen LogP contribution < -0.4 is 16.1 Å². The van der Waals surface area contributed by atoms with Crippen molar-refractivity contribution >= 4 is 37.2 Å². The Kier molecular flexibility index (Phi) is 8.12. The molecule has 9 nitrogen and oxygen atoms in total. The Balaban J connectivity index is 0.00000400. The van der Waals surface area contributed by atoms with Crippen LogP contribution in [-0.4, -0.2) is 61.6 Å². The Bertz CT molecular complexity index is 635.